The predicted octanol–water partition coefficient (Wildman–Crippen LogP) is 4.65. The lowest BCUT2D eigenvalue weighted by Crippen LogP contribution is -2.20. The topological polar surface area (TPSA) is 52.0 Å². The number of nitrogens with two attached hydrogens (primary N) is 2. The van der Waals surface area contributed by atoms with Gasteiger partial charge in [0, 0.05) is 31.6 Å². The Balaban J connectivity index is 2.24. The van der Waals surface area contributed by atoms with E-state index in [0.29, 0.717) is 0 Å². The zero-order valence-electron chi connectivity index (χ0n) is 14.1. The Kier molecular flexibility index (Phi) is 6.21. The maximum atomic E-state index is 6.10. The monoisotopic (exact) mass is 336 g/mol. The molecule has 0 radical (unpaired) electrons. The van der Waals surface area contributed by atoms with Crippen molar-refractivity contribution in [3.8, 4) is 9.75 Å². The molecule has 0 aliphatic rings. The third kappa shape index (κ3) is 4.19. The second-order valence-electron chi connectivity index (χ2n) is 6.19. The highest BCUT2D eigenvalue weighted by atomic mass is 32.1. The van der Waals surface area contributed by atoms with E-state index >= 15 is 0 Å². The standard InChI is InChI=1S/C18H28N2S2/c1-5-13(19)9-15-7-11(3)17(21-15)18-12(4)8-16(22-18)10-14(20)6-2/h7-8,13-14H,5-6,9-10,19-20H2,1-4H3. The Morgan fingerprint density at radius 1 is 0.818 bits per heavy atom. The molecule has 2 nitrogen and oxygen atoms in total. The Bertz CT molecular complexity index is 558. The Morgan fingerprint density at radius 2 is 1.18 bits per heavy atom. The Morgan fingerprint density at radius 3 is 1.50 bits per heavy atom. The Labute approximate surface area is 142 Å². The van der Waals surface area contributed by atoms with Crippen LogP contribution in [0.1, 0.15) is 47.6 Å². The summed E-state index contributed by atoms with van der Waals surface area (Å²) in [7, 11) is 0. The lowest BCUT2D eigenvalue weighted by Gasteiger charge is -2.05. The zero-order valence-corrected chi connectivity index (χ0v) is 15.7. The van der Waals surface area contributed by atoms with E-state index in [0.717, 1.165) is 25.7 Å². The summed E-state index contributed by atoms with van der Waals surface area (Å²) in [6.07, 6.45) is 4.03. The molecule has 2 heterocycles. The Hall–Kier alpha value is -0.680. The van der Waals surface area contributed by atoms with Crippen molar-refractivity contribution in [1.29, 1.82) is 0 Å². The van der Waals surface area contributed by atoms with Gasteiger partial charge >= 0.3 is 0 Å². The van der Waals surface area contributed by atoms with E-state index in [9.17, 15) is 0 Å². The van der Waals surface area contributed by atoms with E-state index in [2.05, 4.69) is 39.8 Å². The molecule has 122 valence electrons. The van der Waals surface area contributed by atoms with Gasteiger partial charge < -0.3 is 11.5 Å². The van der Waals surface area contributed by atoms with Gasteiger partial charge in [-0.25, -0.2) is 0 Å². The van der Waals surface area contributed by atoms with Gasteiger partial charge in [-0.2, -0.15) is 0 Å². The first-order valence-corrected chi connectivity index (χ1v) is 9.78. The second kappa shape index (κ2) is 7.73. The summed E-state index contributed by atoms with van der Waals surface area (Å²) >= 11 is 3.82. The summed E-state index contributed by atoms with van der Waals surface area (Å²) in [6.45, 7) is 8.73. The van der Waals surface area contributed by atoms with E-state index in [1.54, 1.807) is 0 Å². The minimum absolute atomic E-state index is 0.272. The minimum atomic E-state index is 0.272. The van der Waals surface area contributed by atoms with Crippen LogP contribution in [0.15, 0.2) is 12.1 Å². The van der Waals surface area contributed by atoms with E-state index in [-0.39, 0.29) is 12.1 Å². The molecular weight excluding hydrogens is 308 g/mol. The first-order valence-electron chi connectivity index (χ1n) is 8.14. The second-order valence-corrected chi connectivity index (χ2v) is 8.47. The molecule has 0 fully saturated rings. The first kappa shape index (κ1) is 17.7. The molecule has 0 aliphatic heterocycles. The fraction of sp³-hybridized carbons (Fsp3) is 0.556. The van der Waals surface area contributed by atoms with Crippen molar-refractivity contribution in [2.75, 3.05) is 0 Å². The van der Waals surface area contributed by atoms with Crippen molar-refractivity contribution in [1.82, 2.24) is 0 Å². The van der Waals surface area contributed by atoms with Crippen molar-refractivity contribution in [2.45, 2.75) is 65.5 Å². The minimum Gasteiger partial charge on any atom is -0.327 e. The third-order valence-electron chi connectivity index (χ3n) is 4.12. The van der Waals surface area contributed by atoms with Gasteiger partial charge in [0.05, 0.1) is 0 Å². The average Bonchev–Trinajstić information content (AvgIpc) is 3.01. The van der Waals surface area contributed by atoms with Gasteiger partial charge in [0.1, 0.15) is 0 Å². The summed E-state index contributed by atoms with van der Waals surface area (Å²) in [6, 6.07) is 5.17. The molecule has 4 N–H and O–H groups in total. The number of hydrogen-bond acceptors (Lipinski definition) is 4. The molecular formula is C18H28N2S2. The quantitative estimate of drug-likeness (QED) is 0.773. The molecule has 4 heteroatoms. The van der Waals surface area contributed by atoms with Crippen LogP contribution >= 0.6 is 22.7 Å². The van der Waals surface area contributed by atoms with Gasteiger partial charge in [-0.15, -0.1) is 22.7 Å². The van der Waals surface area contributed by atoms with Crippen molar-refractivity contribution >= 4 is 22.7 Å². The van der Waals surface area contributed by atoms with Crippen LogP contribution in [0.5, 0.6) is 0 Å². The van der Waals surface area contributed by atoms with Crippen LogP contribution in [-0.4, -0.2) is 12.1 Å². The van der Waals surface area contributed by atoms with Crippen LogP contribution in [0, 0.1) is 13.8 Å². The number of aryl methyl sites for hydroxylation is 2. The summed E-state index contributed by atoms with van der Waals surface area (Å²) in [5.74, 6) is 0. The highest BCUT2D eigenvalue weighted by Crippen LogP contribution is 2.40. The van der Waals surface area contributed by atoms with Crippen LogP contribution < -0.4 is 11.5 Å². The van der Waals surface area contributed by atoms with Crippen LogP contribution in [0.4, 0.5) is 0 Å². The average molecular weight is 337 g/mol. The fourth-order valence-electron chi connectivity index (χ4n) is 2.55. The highest BCUT2D eigenvalue weighted by molar-refractivity contribution is 7.22. The molecule has 0 amide bonds. The van der Waals surface area contributed by atoms with E-state index < -0.39 is 0 Å². The smallest absolute Gasteiger partial charge is 0.0477 e. The van der Waals surface area contributed by atoms with Gasteiger partial charge in [-0.3, -0.25) is 0 Å². The van der Waals surface area contributed by atoms with E-state index in [1.165, 1.54) is 30.6 Å². The van der Waals surface area contributed by atoms with Crippen molar-refractivity contribution in [2.24, 2.45) is 11.5 Å². The molecule has 2 rings (SSSR count). The molecule has 0 saturated heterocycles. The zero-order chi connectivity index (χ0) is 16.3. The van der Waals surface area contributed by atoms with Crippen molar-refractivity contribution < 1.29 is 0 Å². The fourth-order valence-corrected chi connectivity index (χ4v) is 5.34. The lowest BCUT2D eigenvalue weighted by molar-refractivity contribution is 0.652. The van der Waals surface area contributed by atoms with Gasteiger partial charge in [-0.05, 0) is 62.8 Å². The lowest BCUT2D eigenvalue weighted by atomic mass is 10.1. The molecule has 0 spiro atoms. The number of rotatable bonds is 7. The van der Waals surface area contributed by atoms with Crippen LogP contribution in [-0.2, 0) is 12.8 Å². The van der Waals surface area contributed by atoms with Gasteiger partial charge in [0.15, 0.2) is 0 Å². The van der Waals surface area contributed by atoms with Crippen LogP contribution in [0.25, 0.3) is 9.75 Å². The van der Waals surface area contributed by atoms with E-state index in [1.807, 2.05) is 22.7 Å². The molecule has 22 heavy (non-hydrogen) atoms. The largest absolute Gasteiger partial charge is 0.327 e. The SMILES string of the molecule is CCC(N)Cc1cc(C)c(-c2sc(CC(N)CC)cc2C)s1. The molecule has 0 aromatic carbocycles. The summed E-state index contributed by atoms with van der Waals surface area (Å²) in [5, 5.41) is 0. The molecule has 0 saturated carbocycles. The van der Waals surface area contributed by atoms with Crippen molar-refractivity contribution in [3.63, 3.8) is 0 Å². The summed E-state index contributed by atoms with van der Waals surface area (Å²) in [5.41, 5.74) is 15.0. The molecule has 0 bridgehead atoms. The van der Waals surface area contributed by atoms with Gasteiger partial charge in [-0.1, -0.05) is 13.8 Å². The van der Waals surface area contributed by atoms with Crippen LogP contribution in [0.2, 0.25) is 0 Å². The molecule has 2 atom stereocenters. The van der Waals surface area contributed by atoms with E-state index in [4.69, 9.17) is 11.5 Å². The summed E-state index contributed by atoms with van der Waals surface area (Å²) in [4.78, 5) is 5.64. The molecule has 2 aromatic rings. The third-order valence-corrected chi connectivity index (χ3v) is 6.80. The van der Waals surface area contributed by atoms with Gasteiger partial charge in [0.25, 0.3) is 0 Å². The number of hydrogen-bond donors (Lipinski definition) is 2. The summed E-state index contributed by atoms with van der Waals surface area (Å²) < 4.78 is 0. The maximum Gasteiger partial charge on any atom is 0.0477 e. The van der Waals surface area contributed by atoms with Gasteiger partial charge in [0.2, 0.25) is 0 Å². The first-order chi connectivity index (χ1) is 10.4. The maximum absolute atomic E-state index is 6.10. The normalized spacial score (nSPS) is 14.3. The van der Waals surface area contributed by atoms with Crippen LogP contribution in [0.3, 0.4) is 0 Å². The molecule has 2 unspecified atom stereocenters. The number of thiophene rings is 2. The predicted molar refractivity (Wildman–Crippen MR) is 101 cm³/mol. The molecule has 2 aromatic heterocycles. The highest BCUT2D eigenvalue weighted by Gasteiger charge is 2.15. The van der Waals surface area contributed by atoms with Crippen molar-refractivity contribution in [3.05, 3.63) is 33.0 Å². The molecule has 0 aliphatic carbocycles.